The van der Waals surface area contributed by atoms with E-state index in [0.717, 1.165) is 10.8 Å². The van der Waals surface area contributed by atoms with Crippen LogP contribution < -0.4 is 16.5 Å². The van der Waals surface area contributed by atoms with Gasteiger partial charge in [0.25, 0.3) is 0 Å². The maximum absolute atomic E-state index is 10.7. The van der Waals surface area contributed by atoms with Gasteiger partial charge in [0, 0.05) is 0 Å². The predicted octanol–water partition coefficient (Wildman–Crippen LogP) is -0.821. The van der Waals surface area contributed by atoms with Crippen LogP contribution in [-0.4, -0.2) is 4.98 Å². The first-order valence-corrected chi connectivity index (χ1v) is 3.76. The van der Waals surface area contributed by atoms with E-state index in [1.807, 2.05) is 6.08 Å². The Kier molecular flexibility index (Phi) is 0.735. The van der Waals surface area contributed by atoms with Crippen LogP contribution >= 0.6 is 0 Å². The average molecular weight is 149 g/mol. The quantitative estimate of drug-likeness (QED) is 0.523. The number of nitrogens with one attached hydrogen (secondary N) is 1. The van der Waals surface area contributed by atoms with E-state index in [2.05, 4.69) is 11.1 Å². The third-order valence-corrected chi connectivity index (χ3v) is 2.34. The SMILES string of the molecule is O=c1[nH]c2c(o1)=CC1CC1C=2. The molecule has 0 spiro atoms. The van der Waals surface area contributed by atoms with Crippen molar-refractivity contribution in [3.63, 3.8) is 0 Å². The minimum atomic E-state index is -0.344. The molecule has 1 aromatic heterocycles. The minimum absolute atomic E-state index is 0.344. The highest BCUT2D eigenvalue weighted by atomic mass is 16.4. The van der Waals surface area contributed by atoms with Gasteiger partial charge in [-0.05, 0) is 24.3 Å². The molecule has 2 atom stereocenters. The first-order chi connectivity index (χ1) is 5.33. The third kappa shape index (κ3) is 0.651. The second-order valence-corrected chi connectivity index (χ2v) is 3.19. The van der Waals surface area contributed by atoms with Crippen molar-refractivity contribution in [1.29, 1.82) is 0 Å². The smallest absolute Gasteiger partial charge is 0.408 e. The molecule has 2 unspecified atom stereocenters. The van der Waals surface area contributed by atoms with Crippen molar-refractivity contribution < 1.29 is 4.42 Å². The van der Waals surface area contributed by atoms with Gasteiger partial charge in [-0.1, -0.05) is 6.08 Å². The molecule has 3 rings (SSSR count). The van der Waals surface area contributed by atoms with E-state index >= 15 is 0 Å². The van der Waals surface area contributed by atoms with E-state index < -0.39 is 0 Å². The minimum Gasteiger partial charge on any atom is -0.408 e. The molecule has 0 amide bonds. The number of fused-ring (bicyclic) bond motifs is 2. The molecule has 1 saturated carbocycles. The van der Waals surface area contributed by atoms with Crippen LogP contribution in [0.2, 0.25) is 0 Å². The van der Waals surface area contributed by atoms with Gasteiger partial charge >= 0.3 is 5.76 Å². The summed E-state index contributed by atoms with van der Waals surface area (Å²) >= 11 is 0. The highest BCUT2D eigenvalue weighted by molar-refractivity contribution is 5.45. The maximum atomic E-state index is 10.7. The molecule has 2 aliphatic rings. The van der Waals surface area contributed by atoms with Crippen LogP contribution in [0.15, 0.2) is 9.21 Å². The summed E-state index contributed by atoms with van der Waals surface area (Å²) in [5, 5.41) is 0.869. The summed E-state index contributed by atoms with van der Waals surface area (Å²) in [4.78, 5) is 13.4. The van der Waals surface area contributed by atoms with Gasteiger partial charge in [0.2, 0.25) is 0 Å². The first-order valence-electron chi connectivity index (χ1n) is 3.76. The van der Waals surface area contributed by atoms with Gasteiger partial charge in [0.1, 0.15) is 0 Å². The van der Waals surface area contributed by atoms with Crippen molar-refractivity contribution in [3.05, 3.63) is 21.3 Å². The Bertz CT molecular complexity index is 425. The van der Waals surface area contributed by atoms with Gasteiger partial charge < -0.3 is 4.42 Å². The second-order valence-electron chi connectivity index (χ2n) is 3.19. The Morgan fingerprint density at radius 2 is 2.27 bits per heavy atom. The number of hydrogen-bond donors (Lipinski definition) is 1. The number of H-pyrrole nitrogens is 1. The van der Waals surface area contributed by atoms with Gasteiger partial charge in [-0.15, -0.1) is 0 Å². The summed E-state index contributed by atoms with van der Waals surface area (Å²) in [5.41, 5.74) is 0.730. The predicted molar refractivity (Wildman–Crippen MR) is 39.1 cm³/mol. The van der Waals surface area contributed by atoms with Crippen molar-refractivity contribution >= 4 is 12.2 Å². The Balaban J connectivity index is 2.49. The monoisotopic (exact) mass is 149 g/mol. The number of oxazole rings is 1. The van der Waals surface area contributed by atoms with Crippen molar-refractivity contribution in [3.8, 4) is 0 Å². The summed E-state index contributed by atoms with van der Waals surface area (Å²) < 4.78 is 4.91. The molecule has 1 N–H and O–H groups in total. The van der Waals surface area contributed by atoms with Crippen molar-refractivity contribution in [2.24, 2.45) is 11.8 Å². The summed E-state index contributed by atoms with van der Waals surface area (Å²) in [5.74, 6) is 0.959. The van der Waals surface area contributed by atoms with Crippen LogP contribution in [0.4, 0.5) is 0 Å². The molecule has 3 heteroatoms. The van der Waals surface area contributed by atoms with E-state index in [0.29, 0.717) is 11.8 Å². The lowest BCUT2D eigenvalue weighted by Crippen LogP contribution is -2.25. The molecule has 56 valence electrons. The van der Waals surface area contributed by atoms with Gasteiger partial charge in [-0.2, -0.15) is 0 Å². The Morgan fingerprint density at radius 1 is 1.45 bits per heavy atom. The van der Waals surface area contributed by atoms with E-state index in [4.69, 9.17) is 4.42 Å². The number of rotatable bonds is 0. The van der Waals surface area contributed by atoms with Crippen LogP contribution in [-0.2, 0) is 0 Å². The molecular weight excluding hydrogens is 142 g/mol. The van der Waals surface area contributed by atoms with E-state index in [9.17, 15) is 4.79 Å². The highest BCUT2D eigenvalue weighted by Crippen LogP contribution is 2.41. The van der Waals surface area contributed by atoms with Crippen LogP contribution in [0.3, 0.4) is 0 Å². The molecule has 3 nitrogen and oxygen atoms in total. The molecule has 1 heterocycles. The van der Waals surface area contributed by atoms with Gasteiger partial charge in [-0.3, -0.25) is 4.98 Å². The van der Waals surface area contributed by atoms with E-state index in [-0.39, 0.29) is 5.76 Å². The van der Waals surface area contributed by atoms with Crippen LogP contribution in [0, 0.1) is 11.8 Å². The zero-order valence-corrected chi connectivity index (χ0v) is 5.83. The Labute approximate surface area is 62.0 Å². The molecule has 2 aliphatic carbocycles. The fourth-order valence-corrected chi connectivity index (χ4v) is 1.63. The van der Waals surface area contributed by atoms with Crippen molar-refractivity contribution in [1.82, 2.24) is 4.98 Å². The molecule has 0 saturated heterocycles. The van der Waals surface area contributed by atoms with Crippen LogP contribution in [0.1, 0.15) is 6.42 Å². The molecule has 1 aromatic rings. The lowest BCUT2D eigenvalue weighted by Gasteiger charge is -1.88. The lowest BCUT2D eigenvalue weighted by molar-refractivity contribution is 0.483. The lowest BCUT2D eigenvalue weighted by atomic mass is 10.2. The molecule has 0 bridgehead atoms. The Hall–Kier alpha value is -1.25. The topological polar surface area (TPSA) is 46.0 Å². The molecule has 1 fully saturated rings. The Morgan fingerprint density at radius 3 is 3.18 bits per heavy atom. The normalized spacial score (nSPS) is 31.3. The van der Waals surface area contributed by atoms with Gasteiger partial charge in [-0.25, -0.2) is 4.79 Å². The summed E-state index contributed by atoms with van der Waals surface area (Å²) in [6, 6.07) is 0. The van der Waals surface area contributed by atoms with Gasteiger partial charge in [0.05, 0.1) is 5.35 Å². The molecule has 0 aromatic carbocycles. The van der Waals surface area contributed by atoms with Gasteiger partial charge in [0.15, 0.2) is 5.42 Å². The molecular formula is C8H7NO2. The fraction of sp³-hybridized carbons (Fsp3) is 0.375. The van der Waals surface area contributed by atoms with Crippen LogP contribution in [0.25, 0.3) is 12.2 Å². The second kappa shape index (κ2) is 1.49. The average Bonchev–Trinajstić information content (AvgIpc) is 2.57. The molecule has 0 radical (unpaired) electrons. The third-order valence-electron chi connectivity index (χ3n) is 2.34. The van der Waals surface area contributed by atoms with E-state index in [1.165, 1.54) is 6.42 Å². The summed E-state index contributed by atoms with van der Waals surface area (Å²) in [6.07, 6.45) is 5.34. The zero-order valence-electron chi connectivity index (χ0n) is 5.83. The standard InChI is InChI=1S/C8H7NO2/c10-8-9-6-2-4-1-5(4)3-7(6)11-8/h2-5H,1H2,(H,9,10). The number of aromatic nitrogens is 1. The molecule has 0 aliphatic heterocycles. The largest absolute Gasteiger partial charge is 0.417 e. The summed E-state index contributed by atoms with van der Waals surface area (Å²) in [6.45, 7) is 0. The fourth-order valence-electron chi connectivity index (χ4n) is 1.63. The van der Waals surface area contributed by atoms with Crippen molar-refractivity contribution in [2.45, 2.75) is 6.42 Å². The maximum Gasteiger partial charge on any atom is 0.417 e. The first kappa shape index (κ1) is 5.41. The van der Waals surface area contributed by atoms with Crippen LogP contribution in [0.5, 0.6) is 0 Å². The summed E-state index contributed by atoms with van der Waals surface area (Å²) in [7, 11) is 0. The van der Waals surface area contributed by atoms with Crippen molar-refractivity contribution in [2.75, 3.05) is 0 Å². The molecule has 11 heavy (non-hydrogen) atoms. The number of aromatic amines is 1. The zero-order chi connectivity index (χ0) is 7.42. The number of hydrogen-bond acceptors (Lipinski definition) is 2. The van der Waals surface area contributed by atoms with E-state index in [1.54, 1.807) is 0 Å². The highest BCUT2D eigenvalue weighted by Gasteiger charge is 2.35.